The molecule has 0 bridgehead atoms. The Balaban J connectivity index is 3.84. The van der Waals surface area contributed by atoms with Crippen molar-refractivity contribution in [2.75, 3.05) is 39.6 Å². The molecule has 0 aliphatic heterocycles. The van der Waals surface area contributed by atoms with Gasteiger partial charge in [-0.15, -0.1) is 13.2 Å². The van der Waals surface area contributed by atoms with Crippen LogP contribution < -0.4 is 0 Å². The molecule has 100 valence electrons. The molecule has 5 nitrogen and oxygen atoms in total. The van der Waals surface area contributed by atoms with Gasteiger partial charge in [-0.25, -0.2) is 0 Å². The molecule has 2 unspecified atom stereocenters. The van der Waals surface area contributed by atoms with Crippen LogP contribution in [-0.4, -0.2) is 62.1 Å². The summed E-state index contributed by atoms with van der Waals surface area (Å²) in [5, 5.41) is 18.1. The van der Waals surface area contributed by atoms with Gasteiger partial charge in [0.15, 0.2) is 0 Å². The quantitative estimate of drug-likeness (QED) is 0.378. The van der Waals surface area contributed by atoms with E-state index in [1.165, 1.54) is 0 Å². The molecule has 0 radical (unpaired) electrons. The van der Waals surface area contributed by atoms with Gasteiger partial charge in [0.25, 0.3) is 0 Å². The topological polar surface area (TPSA) is 68.2 Å². The van der Waals surface area contributed by atoms with Gasteiger partial charge in [-0.2, -0.15) is 0 Å². The first kappa shape index (κ1) is 16.3. The Hall–Kier alpha value is -0.720. The van der Waals surface area contributed by atoms with Crippen LogP contribution in [0, 0.1) is 0 Å². The lowest BCUT2D eigenvalue weighted by molar-refractivity contribution is -0.111. The lowest BCUT2D eigenvalue weighted by Crippen LogP contribution is -2.34. The zero-order valence-corrected chi connectivity index (χ0v) is 10.1. The molecule has 0 aliphatic carbocycles. The maximum atomic E-state index is 9.07. The summed E-state index contributed by atoms with van der Waals surface area (Å²) in [7, 11) is 0. The van der Waals surface area contributed by atoms with Crippen LogP contribution in [0.5, 0.6) is 0 Å². The lowest BCUT2D eigenvalue weighted by atomic mass is 10.3. The first-order valence-corrected chi connectivity index (χ1v) is 5.52. The second kappa shape index (κ2) is 11.8. The van der Waals surface area contributed by atoms with Crippen LogP contribution in [0.2, 0.25) is 0 Å². The first-order chi connectivity index (χ1) is 8.28. The second-order valence-electron chi connectivity index (χ2n) is 3.40. The molecule has 2 atom stereocenters. The van der Waals surface area contributed by atoms with Crippen molar-refractivity contribution in [3.8, 4) is 0 Å². The Morgan fingerprint density at radius 1 is 0.882 bits per heavy atom. The van der Waals surface area contributed by atoms with Gasteiger partial charge in [-0.3, -0.25) is 0 Å². The number of hydrogen-bond acceptors (Lipinski definition) is 5. The molecule has 0 spiro atoms. The van der Waals surface area contributed by atoms with Crippen LogP contribution in [-0.2, 0) is 14.2 Å². The summed E-state index contributed by atoms with van der Waals surface area (Å²) in [5.74, 6) is 0. The average Bonchev–Trinajstić information content (AvgIpc) is 2.36. The zero-order valence-electron chi connectivity index (χ0n) is 10.1. The highest BCUT2D eigenvalue weighted by atomic mass is 16.6. The van der Waals surface area contributed by atoms with Crippen molar-refractivity contribution in [3.05, 3.63) is 25.3 Å². The SMILES string of the molecule is C=CCOCC(CO)OC(CO)COCC=C. The highest BCUT2D eigenvalue weighted by molar-refractivity contribution is 4.68. The van der Waals surface area contributed by atoms with Crippen LogP contribution in [0.25, 0.3) is 0 Å². The Bertz CT molecular complexity index is 175. The molecule has 0 heterocycles. The molecule has 5 heteroatoms. The van der Waals surface area contributed by atoms with E-state index < -0.39 is 12.2 Å². The number of aliphatic hydroxyl groups excluding tert-OH is 2. The minimum atomic E-state index is -0.473. The molecule has 0 aliphatic rings. The second-order valence-corrected chi connectivity index (χ2v) is 3.40. The van der Waals surface area contributed by atoms with Crippen LogP contribution in [0.1, 0.15) is 0 Å². The number of rotatable bonds is 12. The Morgan fingerprint density at radius 3 is 1.59 bits per heavy atom. The minimum absolute atomic E-state index is 0.172. The lowest BCUT2D eigenvalue weighted by Gasteiger charge is -2.21. The summed E-state index contributed by atoms with van der Waals surface area (Å²) >= 11 is 0. The summed E-state index contributed by atoms with van der Waals surface area (Å²) in [6, 6.07) is 0. The van der Waals surface area contributed by atoms with Gasteiger partial charge >= 0.3 is 0 Å². The highest BCUT2D eigenvalue weighted by Gasteiger charge is 2.15. The summed E-state index contributed by atoms with van der Waals surface area (Å²) in [6.07, 6.45) is 2.29. The Morgan fingerprint density at radius 2 is 1.29 bits per heavy atom. The van der Waals surface area contributed by atoms with Crippen LogP contribution >= 0.6 is 0 Å². The fourth-order valence-electron chi connectivity index (χ4n) is 1.11. The minimum Gasteiger partial charge on any atom is -0.394 e. The maximum absolute atomic E-state index is 9.07. The van der Waals surface area contributed by atoms with E-state index >= 15 is 0 Å². The number of ether oxygens (including phenoxy) is 3. The summed E-state index contributed by atoms with van der Waals surface area (Å²) in [6.45, 7) is 7.98. The third kappa shape index (κ3) is 9.02. The van der Waals surface area contributed by atoms with E-state index in [0.29, 0.717) is 13.2 Å². The van der Waals surface area contributed by atoms with Gasteiger partial charge in [-0.05, 0) is 0 Å². The first-order valence-electron chi connectivity index (χ1n) is 5.52. The largest absolute Gasteiger partial charge is 0.394 e. The van der Waals surface area contributed by atoms with E-state index in [2.05, 4.69) is 13.2 Å². The predicted octanol–water partition coefficient (Wildman–Crippen LogP) is 0.130. The van der Waals surface area contributed by atoms with Gasteiger partial charge < -0.3 is 24.4 Å². The van der Waals surface area contributed by atoms with Crippen LogP contribution in [0.3, 0.4) is 0 Å². The fraction of sp³-hybridized carbons (Fsp3) is 0.667. The molecule has 0 amide bonds. The van der Waals surface area contributed by atoms with E-state index in [-0.39, 0.29) is 26.4 Å². The molecule has 0 saturated heterocycles. The Kier molecular flexibility index (Phi) is 11.3. The van der Waals surface area contributed by atoms with Crippen LogP contribution in [0.15, 0.2) is 25.3 Å². The van der Waals surface area contributed by atoms with E-state index in [4.69, 9.17) is 24.4 Å². The van der Waals surface area contributed by atoms with E-state index in [1.54, 1.807) is 12.2 Å². The molecule has 2 N–H and O–H groups in total. The van der Waals surface area contributed by atoms with E-state index in [9.17, 15) is 0 Å². The highest BCUT2D eigenvalue weighted by Crippen LogP contribution is 2.01. The molecule has 0 saturated carbocycles. The average molecular weight is 246 g/mol. The summed E-state index contributed by atoms with van der Waals surface area (Å²) < 4.78 is 15.8. The van der Waals surface area contributed by atoms with Crippen molar-refractivity contribution in [1.82, 2.24) is 0 Å². The summed E-state index contributed by atoms with van der Waals surface area (Å²) in [4.78, 5) is 0. The van der Waals surface area contributed by atoms with Crippen molar-refractivity contribution in [1.29, 1.82) is 0 Å². The van der Waals surface area contributed by atoms with Gasteiger partial charge in [0.05, 0.1) is 39.6 Å². The molecule has 0 rings (SSSR count). The van der Waals surface area contributed by atoms with Crippen molar-refractivity contribution in [2.24, 2.45) is 0 Å². The predicted molar refractivity (Wildman–Crippen MR) is 64.9 cm³/mol. The van der Waals surface area contributed by atoms with Gasteiger partial charge in [0.2, 0.25) is 0 Å². The smallest absolute Gasteiger partial charge is 0.104 e. The van der Waals surface area contributed by atoms with Crippen LogP contribution in [0.4, 0.5) is 0 Å². The normalized spacial score (nSPS) is 14.2. The molecule has 17 heavy (non-hydrogen) atoms. The molecule has 0 aromatic heterocycles. The fourth-order valence-corrected chi connectivity index (χ4v) is 1.11. The van der Waals surface area contributed by atoms with Crippen molar-refractivity contribution >= 4 is 0 Å². The van der Waals surface area contributed by atoms with Gasteiger partial charge in [0.1, 0.15) is 12.2 Å². The maximum Gasteiger partial charge on any atom is 0.104 e. The standard InChI is InChI=1S/C12H22O5/c1-3-5-15-9-11(7-13)17-12(8-14)10-16-6-4-2/h3-4,11-14H,1-2,5-10H2. The molecule has 0 aromatic carbocycles. The monoisotopic (exact) mass is 246 g/mol. The van der Waals surface area contributed by atoms with E-state index in [0.717, 1.165) is 0 Å². The number of aliphatic hydroxyl groups is 2. The molecular formula is C12H22O5. The third-order valence-corrected chi connectivity index (χ3v) is 1.87. The summed E-state index contributed by atoms with van der Waals surface area (Å²) in [5.41, 5.74) is 0. The molecule has 0 fully saturated rings. The van der Waals surface area contributed by atoms with Gasteiger partial charge in [-0.1, -0.05) is 12.2 Å². The van der Waals surface area contributed by atoms with Crippen molar-refractivity contribution in [3.63, 3.8) is 0 Å². The van der Waals surface area contributed by atoms with E-state index in [1.807, 2.05) is 0 Å². The van der Waals surface area contributed by atoms with Crippen molar-refractivity contribution in [2.45, 2.75) is 12.2 Å². The molecular weight excluding hydrogens is 224 g/mol. The third-order valence-electron chi connectivity index (χ3n) is 1.87. The van der Waals surface area contributed by atoms with Gasteiger partial charge in [0, 0.05) is 0 Å². The van der Waals surface area contributed by atoms with Crippen molar-refractivity contribution < 1.29 is 24.4 Å². The zero-order chi connectivity index (χ0) is 12.9. The molecule has 0 aromatic rings. The number of hydrogen-bond donors (Lipinski definition) is 2. The Labute approximate surface area is 102 Å².